The van der Waals surface area contributed by atoms with E-state index < -0.39 is 11.2 Å². The maximum Gasteiger partial charge on any atom is 0.332 e. The molecule has 1 fully saturated rings. The molecule has 0 radical (unpaired) electrons. The standard InChI is InChI=1S/C22H24N8O2/c1-3-4-11-29-18-19(26-21(29)28-10-6-8-16(24)13-28)27(2)22(32)30(20(18)31)14-17-15(12-23)7-5-9-25-17/h5,7,9,16H,6,8,10-11,13-14,24H2,1-2H3. The lowest BCUT2D eigenvalue weighted by molar-refractivity contribution is 0.496. The number of pyridine rings is 1. The molecule has 3 aromatic heterocycles. The number of piperidine rings is 1. The zero-order valence-corrected chi connectivity index (χ0v) is 18.1. The van der Waals surface area contributed by atoms with Crippen LogP contribution in [0.15, 0.2) is 27.9 Å². The second-order valence-electron chi connectivity index (χ2n) is 7.79. The van der Waals surface area contributed by atoms with Crippen molar-refractivity contribution < 1.29 is 0 Å². The van der Waals surface area contributed by atoms with Crippen molar-refractivity contribution in [2.75, 3.05) is 18.0 Å². The molecular formula is C22H24N8O2. The predicted molar refractivity (Wildman–Crippen MR) is 120 cm³/mol. The Hall–Kier alpha value is -3.89. The molecule has 1 aliphatic rings. The number of hydrogen-bond donors (Lipinski definition) is 1. The molecule has 4 rings (SSSR count). The first-order valence-electron chi connectivity index (χ1n) is 10.4. The number of rotatable bonds is 4. The molecule has 0 spiro atoms. The molecule has 10 heteroatoms. The monoisotopic (exact) mass is 432 g/mol. The van der Waals surface area contributed by atoms with E-state index >= 15 is 0 Å². The number of nitriles is 1. The Labute approximate surface area is 184 Å². The van der Waals surface area contributed by atoms with Gasteiger partial charge in [0.15, 0.2) is 11.2 Å². The second-order valence-corrected chi connectivity index (χ2v) is 7.79. The maximum atomic E-state index is 13.5. The van der Waals surface area contributed by atoms with Crippen molar-refractivity contribution in [3.63, 3.8) is 0 Å². The van der Waals surface area contributed by atoms with Crippen molar-refractivity contribution in [1.29, 1.82) is 5.26 Å². The van der Waals surface area contributed by atoms with Crippen LogP contribution in [0.2, 0.25) is 0 Å². The number of fused-ring (bicyclic) bond motifs is 1. The fraction of sp³-hybridized carbons (Fsp3) is 0.409. The van der Waals surface area contributed by atoms with Crippen LogP contribution in [0.1, 0.15) is 31.0 Å². The highest BCUT2D eigenvalue weighted by Crippen LogP contribution is 2.22. The minimum atomic E-state index is -0.523. The van der Waals surface area contributed by atoms with Crippen LogP contribution < -0.4 is 21.9 Å². The highest BCUT2D eigenvalue weighted by Gasteiger charge is 2.26. The van der Waals surface area contributed by atoms with Gasteiger partial charge >= 0.3 is 5.69 Å². The molecule has 32 heavy (non-hydrogen) atoms. The third-order valence-electron chi connectivity index (χ3n) is 5.69. The topological polar surface area (TPSA) is 128 Å². The molecule has 0 aromatic carbocycles. The lowest BCUT2D eigenvalue weighted by Gasteiger charge is -2.31. The number of nitrogens with two attached hydrogens (primary N) is 1. The summed E-state index contributed by atoms with van der Waals surface area (Å²) in [5, 5.41) is 9.37. The summed E-state index contributed by atoms with van der Waals surface area (Å²) in [4.78, 5) is 37.5. The summed E-state index contributed by atoms with van der Waals surface area (Å²) in [5.74, 6) is 6.45. The Morgan fingerprint density at radius 1 is 1.31 bits per heavy atom. The Bertz CT molecular complexity index is 1400. The quantitative estimate of drug-likeness (QED) is 0.582. The van der Waals surface area contributed by atoms with Crippen LogP contribution in [0, 0.1) is 23.2 Å². The highest BCUT2D eigenvalue weighted by atomic mass is 16.2. The van der Waals surface area contributed by atoms with E-state index in [-0.39, 0.29) is 19.1 Å². The van der Waals surface area contributed by atoms with E-state index in [4.69, 9.17) is 5.73 Å². The van der Waals surface area contributed by atoms with E-state index in [9.17, 15) is 14.9 Å². The first-order chi connectivity index (χ1) is 15.5. The van der Waals surface area contributed by atoms with Gasteiger partial charge in [0, 0.05) is 32.4 Å². The molecule has 164 valence electrons. The van der Waals surface area contributed by atoms with Gasteiger partial charge in [0.25, 0.3) is 5.56 Å². The van der Waals surface area contributed by atoms with Gasteiger partial charge in [-0.25, -0.2) is 4.79 Å². The van der Waals surface area contributed by atoms with Crippen molar-refractivity contribution >= 4 is 17.1 Å². The van der Waals surface area contributed by atoms with E-state index in [1.807, 2.05) is 4.90 Å². The molecule has 4 heterocycles. The number of nitrogens with zero attached hydrogens (tertiary/aromatic N) is 7. The average Bonchev–Trinajstić information content (AvgIpc) is 3.19. The highest BCUT2D eigenvalue weighted by molar-refractivity contribution is 5.75. The van der Waals surface area contributed by atoms with Gasteiger partial charge in [-0.3, -0.25) is 23.5 Å². The van der Waals surface area contributed by atoms with E-state index in [0.717, 1.165) is 24.0 Å². The zero-order chi connectivity index (χ0) is 22.8. The Kier molecular flexibility index (Phi) is 5.80. The SMILES string of the molecule is CC#CCn1c(N2CCCC(N)C2)nc2c1c(=O)n(Cc1ncccc1C#N)c(=O)n2C. The molecule has 10 nitrogen and oxygen atoms in total. The van der Waals surface area contributed by atoms with Gasteiger partial charge in [-0.1, -0.05) is 5.92 Å². The molecule has 3 aromatic rings. The third-order valence-corrected chi connectivity index (χ3v) is 5.69. The van der Waals surface area contributed by atoms with Gasteiger partial charge in [0.2, 0.25) is 5.95 Å². The van der Waals surface area contributed by atoms with E-state index in [2.05, 4.69) is 27.9 Å². The Balaban J connectivity index is 1.94. The number of anilines is 1. The summed E-state index contributed by atoms with van der Waals surface area (Å²) in [7, 11) is 1.58. The van der Waals surface area contributed by atoms with Gasteiger partial charge < -0.3 is 10.6 Å². The Morgan fingerprint density at radius 2 is 2.12 bits per heavy atom. The molecule has 1 aliphatic heterocycles. The number of aromatic nitrogens is 5. The minimum Gasteiger partial charge on any atom is -0.341 e. The number of aryl methyl sites for hydroxylation is 1. The van der Waals surface area contributed by atoms with Crippen LogP contribution in [-0.4, -0.2) is 42.8 Å². The minimum absolute atomic E-state index is 0.0170. The lowest BCUT2D eigenvalue weighted by atomic mass is 10.1. The summed E-state index contributed by atoms with van der Waals surface area (Å²) in [5.41, 5.74) is 6.41. The molecule has 2 N–H and O–H groups in total. The van der Waals surface area contributed by atoms with Gasteiger partial charge in [0.1, 0.15) is 6.07 Å². The predicted octanol–water partition coefficient (Wildman–Crippen LogP) is 0.162. The van der Waals surface area contributed by atoms with E-state index in [1.54, 1.807) is 30.7 Å². The van der Waals surface area contributed by atoms with Gasteiger partial charge in [0.05, 0.1) is 24.3 Å². The molecule has 1 saturated heterocycles. The summed E-state index contributed by atoms with van der Waals surface area (Å²) in [6, 6.07) is 5.32. The second kappa shape index (κ2) is 8.69. The van der Waals surface area contributed by atoms with Crippen LogP contribution in [-0.2, 0) is 20.1 Å². The average molecular weight is 432 g/mol. The number of hydrogen-bond acceptors (Lipinski definition) is 7. The Morgan fingerprint density at radius 3 is 2.84 bits per heavy atom. The van der Waals surface area contributed by atoms with Gasteiger partial charge in [-0.2, -0.15) is 10.2 Å². The van der Waals surface area contributed by atoms with Crippen molar-refractivity contribution in [3.05, 3.63) is 50.4 Å². The molecule has 0 bridgehead atoms. The lowest BCUT2D eigenvalue weighted by Crippen LogP contribution is -2.44. The van der Waals surface area contributed by atoms with Crippen LogP contribution in [0.4, 0.5) is 5.95 Å². The van der Waals surface area contributed by atoms with Crippen molar-refractivity contribution in [3.8, 4) is 17.9 Å². The summed E-state index contributed by atoms with van der Waals surface area (Å²) >= 11 is 0. The van der Waals surface area contributed by atoms with E-state index in [0.29, 0.717) is 34.9 Å². The summed E-state index contributed by atoms with van der Waals surface area (Å²) in [6.07, 6.45) is 3.38. The normalized spacial score (nSPS) is 15.9. The smallest absolute Gasteiger partial charge is 0.332 e. The van der Waals surface area contributed by atoms with Crippen molar-refractivity contribution in [2.45, 2.75) is 38.9 Å². The maximum absolute atomic E-state index is 13.5. The largest absolute Gasteiger partial charge is 0.341 e. The molecule has 1 atom stereocenters. The fourth-order valence-corrected chi connectivity index (χ4v) is 4.06. The van der Waals surface area contributed by atoms with Gasteiger partial charge in [-0.15, -0.1) is 5.92 Å². The third kappa shape index (κ3) is 3.66. The van der Waals surface area contributed by atoms with Gasteiger partial charge in [-0.05, 0) is 31.9 Å². The van der Waals surface area contributed by atoms with Crippen molar-refractivity contribution in [2.24, 2.45) is 12.8 Å². The number of imidazole rings is 1. The molecule has 0 amide bonds. The first kappa shape index (κ1) is 21.3. The summed E-state index contributed by atoms with van der Waals surface area (Å²) < 4.78 is 4.20. The van der Waals surface area contributed by atoms with E-state index in [1.165, 1.54) is 10.8 Å². The molecule has 0 saturated carbocycles. The zero-order valence-electron chi connectivity index (χ0n) is 18.1. The van der Waals surface area contributed by atoms with Crippen LogP contribution in [0.3, 0.4) is 0 Å². The molecule has 0 aliphatic carbocycles. The fourth-order valence-electron chi connectivity index (χ4n) is 4.06. The van der Waals surface area contributed by atoms with Crippen molar-refractivity contribution in [1.82, 2.24) is 23.7 Å². The molecular weight excluding hydrogens is 408 g/mol. The summed E-state index contributed by atoms with van der Waals surface area (Å²) in [6.45, 7) is 3.26. The molecule has 1 unspecified atom stereocenters. The van der Waals surface area contributed by atoms with Crippen LogP contribution in [0.25, 0.3) is 11.2 Å². The first-order valence-corrected chi connectivity index (χ1v) is 10.4. The van der Waals surface area contributed by atoms with Crippen LogP contribution >= 0.6 is 0 Å². The van der Waals surface area contributed by atoms with Crippen LogP contribution in [0.5, 0.6) is 0 Å².